The molecule has 0 aromatic heterocycles. The van der Waals surface area contributed by atoms with E-state index in [4.69, 9.17) is 33.4 Å². The van der Waals surface area contributed by atoms with Gasteiger partial charge in [0.15, 0.2) is 11.5 Å². The lowest BCUT2D eigenvalue weighted by Crippen LogP contribution is -2.14. The lowest BCUT2D eigenvalue weighted by Gasteiger charge is -2.11. The smallest absolute Gasteiger partial charge is 0.371 e. The van der Waals surface area contributed by atoms with Gasteiger partial charge >= 0.3 is 5.97 Å². The van der Waals surface area contributed by atoms with Crippen LogP contribution in [0.1, 0.15) is 10.4 Å². The summed E-state index contributed by atoms with van der Waals surface area (Å²) in [5, 5.41) is 27.3. The first-order valence-corrected chi connectivity index (χ1v) is 9.24. The Morgan fingerprint density at radius 2 is 1.74 bits per heavy atom. The average Bonchev–Trinajstić information content (AvgIpc) is 2.57. The topological polar surface area (TPSA) is 141 Å². The van der Waals surface area contributed by atoms with Crippen molar-refractivity contribution in [1.29, 1.82) is 0 Å². The number of rotatable bonds is 6. The van der Waals surface area contributed by atoms with E-state index in [1.807, 2.05) is 0 Å². The quantitative estimate of drug-likeness (QED) is 0.312. The molecule has 0 aliphatic rings. The molecular formula is C16H11Cl2NO7S. The Bertz CT molecular complexity index is 1060. The van der Waals surface area contributed by atoms with Crippen LogP contribution in [0.3, 0.4) is 0 Å². The van der Waals surface area contributed by atoms with Crippen molar-refractivity contribution in [3.05, 3.63) is 63.8 Å². The van der Waals surface area contributed by atoms with Crippen molar-refractivity contribution in [3.8, 4) is 5.75 Å². The number of hydrogen-bond donors (Lipinski definition) is 4. The molecule has 0 atom stereocenters. The van der Waals surface area contributed by atoms with Gasteiger partial charge in [-0.05, 0) is 24.3 Å². The zero-order valence-corrected chi connectivity index (χ0v) is 15.5. The Balaban J connectivity index is 2.37. The second-order valence-electron chi connectivity index (χ2n) is 5.12. The number of nitrogens with one attached hydrogen (secondary N) is 1. The number of ketones is 1. The van der Waals surface area contributed by atoms with E-state index in [0.29, 0.717) is 6.08 Å². The number of carbonyl (C=O) groups is 2. The summed E-state index contributed by atoms with van der Waals surface area (Å²) in [6.45, 7) is 0. The summed E-state index contributed by atoms with van der Waals surface area (Å²) in [4.78, 5) is 21.9. The van der Waals surface area contributed by atoms with Crippen LogP contribution >= 0.6 is 23.2 Å². The second-order valence-corrected chi connectivity index (χ2v) is 7.61. The first-order valence-electron chi connectivity index (χ1n) is 7.00. The minimum absolute atomic E-state index is 0.0172. The number of benzene rings is 2. The van der Waals surface area contributed by atoms with Crippen LogP contribution in [0.2, 0.25) is 10.0 Å². The summed E-state index contributed by atoms with van der Waals surface area (Å²) in [6, 6.07) is 7.22. The highest BCUT2D eigenvalue weighted by molar-refractivity contribution is 7.92. The van der Waals surface area contributed by atoms with Gasteiger partial charge in [-0.1, -0.05) is 35.3 Å². The summed E-state index contributed by atoms with van der Waals surface area (Å²) < 4.78 is 27.1. The number of carboxylic acid groups (broad SMARTS) is 1. The second kappa shape index (κ2) is 7.87. The number of phenolic OH excluding ortho intramolecular Hbond substituents is 1. The number of aromatic hydroxyl groups is 1. The predicted molar refractivity (Wildman–Crippen MR) is 98.1 cm³/mol. The SMILES string of the molecule is O=C(O)/C(O)=C\C(=O)c1cccc(NS(=O)(=O)c2cc(Cl)cc(Cl)c2O)c1. The minimum Gasteiger partial charge on any atom is -0.505 e. The number of halogens is 2. The lowest BCUT2D eigenvalue weighted by atomic mass is 10.1. The maximum absolute atomic E-state index is 12.5. The molecule has 0 aliphatic heterocycles. The molecule has 0 amide bonds. The summed E-state index contributed by atoms with van der Waals surface area (Å²) >= 11 is 11.5. The number of allylic oxidation sites excluding steroid dienone is 1. The van der Waals surface area contributed by atoms with E-state index in [1.165, 1.54) is 18.2 Å². The third-order valence-electron chi connectivity index (χ3n) is 3.17. The van der Waals surface area contributed by atoms with Crippen molar-refractivity contribution in [2.75, 3.05) is 4.72 Å². The fourth-order valence-electron chi connectivity index (χ4n) is 1.96. The van der Waals surface area contributed by atoms with E-state index < -0.39 is 38.2 Å². The monoisotopic (exact) mass is 431 g/mol. The molecule has 0 aliphatic carbocycles. The number of aliphatic hydroxyl groups excluding tert-OH is 1. The van der Waals surface area contributed by atoms with E-state index in [0.717, 1.165) is 18.2 Å². The van der Waals surface area contributed by atoms with Crippen molar-refractivity contribution in [2.24, 2.45) is 0 Å². The molecule has 8 nitrogen and oxygen atoms in total. The third kappa shape index (κ3) is 4.91. The van der Waals surface area contributed by atoms with Crippen LogP contribution in [-0.4, -0.2) is 35.5 Å². The van der Waals surface area contributed by atoms with Crippen LogP contribution in [0.15, 0.2) is 53.1 Å². The molecule has 0 fully saturated rings. The molecule has 0 unspecified atom stereocenters. The van der Waals surface area contributed by atoms with Gasteiger partial charge in [-0.15, -0.1) is 0 Å². The van der Waals surface area contributed by atoms with Crippen LogP contribution in [-0.2, 0) is 14.8 Å². The largest absolute Gasteiger partial charge is 0.505 e. The first kappa shape index (κ1) is 20.6. The van der Waals surface area contributed by atoms with Crippen molar-refractivity contribution >= 4 is 50.7 Å². The Morgan fingerprint density at radius 3 is 2.37 bits per heavy atom. The van der Waals surface area contributed by atoms with Gasteiger partial charge in [-0.25, -0.2) is 13.2 Å². The number of hydrogen-bond acceptors (Lipinski definition) is 6. The number of carbonyl (C=O) groups excluding carboxylic acids is 1. The zero-order chi connectivity index (χ0) is 20.4. The zero-order valence-electron chi connectivity index (χ0n) is 13.2. The van der Waals surface area contributed by atoms with Gasteiger partial charge in [0.2, 0.25) is 5.76 Å². The number of aliphatic hydroxyl groups is 1. The summed E-state index contributed by atoms with van der Waals surface area (Å²) in [5.74, 6) is -4.40. The molecule has 0 saturated heterocycles. The molecule has 0 spiro atoms. The molecule has 2 rings (SSSR count). The van der Waals surface area contributed by atoms with Gasteiger partial charge in [0, 0.05) is 22.3 Å². The summed E-state index contributed by atoms with van der Waals surface area (Å²) in [7, 11) is -4.31. The van der Waals surface area contributed by atoms with Crippen molar-refractivity contribution < 1.29 is 33.3 Å². The van der Waals surface area contributed by atoms with Crippen molar-refractivity contribution in [1.82, 2.24) is 0 Å². The van der Waals surface area contributed by atoms with E-state index >= 15 is 0 Å². The molecule has 2 aromatic carbocycles. The molecule has 2 aromatic rings. The van der Waals surface area contributed by atoms with E-state index in [2.05, 4.69) is 4.72 Å². The van der Waals surface area contributed by atoms with Gasteiger partial charge in [0.25, 0.3) is 10.0 Å². The van der Waals surface area contributed by atoms with Gasteiger partial charge in [-0.2, -0.15) is 0 Å². The Morgan fingerprint density at radius 1 is 1.07 bits per heavy atom. The standard InChI is InChI=1S/C16H11Cl2NO7S/c17-9-5-11(18)15(22)14(6-9)27(25,26)19-10-3-1-2-8(4-10)12(20)7-13(21)16(23)24/h1-7,19,21-22H,(H,23,24)/b13-7+. The summed E-state index contributed by atoms with van der Waals surface area (Å²) in [6.07, 6.45) is 0.485. The fourth-order valence-corrected chi connectivity index (χ4v) is 3.77. The molecule has 0 heterocycles. The Hall–Kier alpha value is -2.75. The van der Waals surface area contributed by atoms with Gasteiger partial charge in [0.1, 0.15) is 4.90 Å². The Labute approximate surface area is 163 Å². The van der Waals surface area contributed by atoms with E-state index in [1.54, 1.807) is 0 Å². The van der Waals surface area contributed by atoms with Crippen molar-refractivity contribution in [2.45, 2.75) is 4.90 Å². The van der Waals surface area contributed by atoms with Gasteiger partial charge < -0.3 is 15.3 Å². The maximum Gasteiger partial charge on any atom is 0.371 e. The minimum atomic E-state index is -4.31. The number of anilines is 1. The normalized spacial score (nSPS) is 11.9. The number of aliphatic carboxylic acids is 1. The highest BCUT2D eigenvalue weighted by atomic mass is 35.5. The van der Waals surface area contributed by atoms with Crippen LogP contribution in [0.4, 0.5) is 5.69 Å². The third-order valence-corrected chi connectivity index (χ3v) is 5.07. The average molecular weight is 432 g/mol. The van der Waals surface area contributed by atoms with Crippen LogP contribution in [0, 0.1) is 0 Å². The van der Waals surface area contributed by atoms with Crippen LogP contribution < -0.4 is 4.72 Å². The molecule has 142 valence electrons. The molecule has 27 heavy (non-hydrogen) atoms. The lowest BCUT2D eigenvalue weighted by molar-refractivity contribution is -0.135. The van der Waals surface area contributed by atoms with Gasteiger partial charge in [-0.3, -0.25) is 9.52 Å². The van der Waals surface area contributed by atoms with Crippen LogP contribution in [0.5, 0.6) is 5.75 Å². The van der Waals surface area contributed by atoms with Crippen molar-refractivity contribution in [3.63, 3.8) is 0 Å². The predicted octanol–water partition coefficient (Wildman–Crippen LogP) is 3.21. The highest BCUT2D eigenvalue weighted by Crippen LogP contribution is 2.35. The molecule has 4 N–H and O–H groups in total. The highest BCUT2D eigenvalue weighted by Gasteiger charge is 2.22. The first-order chi connectivity index (χ1) is 12.5. The fraction of sp³-hybridized carbons (Fsp3) is 0. The van der Waals surface area contributed by atoms with E-state index in [9.17, 15) is 23.1 Å². The molecule has 0 radical (unpaired) electrons. The van der Waals surface area contributed by atoms with E-state index in [-0.39, 0.29) is 21.3 Å². The maximum atomic E-state index is 12.5. The number of sulfonamides is 1. The van der Waals surface area contributed by atoms with Gasteiger partial charge in [0.05, 0.1) is 5.02 Å². The van der Waals surface area contributed by atoms with Crippen LogP contribution in [0.25, 0.3) is 0 Å². The molecule has 11 heteroatoms. The number of carboxylic acids is 1. The summed E-state index contributed by atoms with van der Waals surface area (Å²) in [5.41, 5.74) is -0.143. The molecular weight excluding hydrogens is 421 g/mol. The Kier molecular flexibility index (Phi) is 5.99. The molecule has 0 bridgehead atoms. The molecule has 0 saturated carbocycles. The number of phenols is 1.